The Morgan fingerprint density at radius 3 is 2.47 bits per heavy atom. The number of carbonyl (C=O) groups excluding carboxylic acids is 1. The first-order valence-electron chi connectivity index (χ1n) is 6.35. The second-order valence-electron chi connectivity index (χ2n) is 5.16. The summed E-state index contributed by atoms with van der Waals surface area (Å²) in [6.45, 7) is 1.09. The van der Waals surface area contributed by atoms with E-state index in [0.29, 0.717) is 13.1 Å². The maximum atomic E-state index is 12.0. The SMILES string of the molecule is NCCCNC(=O)C1C2CCC(C2)C1C(=O)O. The lowest BCUT2D eigenvalue weighted by Gasteiger charge is -2.27. The zero-order chi connectivity index (χ0) is 12.4. The van der Waals surface area contributed by atoms with Crippen LogP contribution in [0, 0.1) is 23.7 Å². The van der Waals surface area contributed by atoms with Crippen molar-refractivity contribution in [3.05, 3.63) is 0 Å². The number of nitrogens with one attached hydrogen (secondary N) is 1. The maximum absolute atomic E-state index is 12.0. The molecular weight excluding hydrogens is 220 g/mol. The Kier molecular flexibility index (Phi) is 3.66. The molecule has 4 atom stereocenters. The molecule has 0 aliphatic heterocycles. The van der Waals surface area contributed by atoms with E-state index in [-0.39, 0.29) is 23.7 Å². The van der Waals surface area contributed by atoms with E-state index >= 15 is 0 Å². The Balaban J connectivity index is 1.98. The molecule has 2 saturated carbocycles. The average molecular weight is 240 g/mol. The number of amides is 1. The normalized spacial score (nSPS) is 34.9. The van der Waals surface area contributed by atoms with Gasteiger partial charge >= 0.3 is 5.97 Å². The predicted molar refractivity (Wildman–Crippen MR) is 62.1 cm³/mol. The van der Waals surface area contributed by atoms with Gasteiger partial charge in [0.05, 0.1) is 11.8 Å². The first kappa shape index (κ1) is 12.4. The second-order valence-corrected chi connectivity index (χ2v) is 5.16. The maximum Gasteiger partial charge on any atom is 0.307 e. The summed E-state index contributed by atoms with van der Waals surface area (Å²) in [5.41, 5.74) is 5.36. The molecule has 4 N–H and O–H groups in total. The summed E-state index contributed by atoms with van der Waals surface area (Å²) in [4.78, 5) is 23.2. The highest BCUT2D eigenvalue weighted by molar-refractivity contribution is 5.86. The number of aliphatic carboxylic acids is 1. The molecule has 0 heterocycles. The van der Waals surface area contributed by atoms with Gasteiger partial charge in [-0.25, -0.2) is 0 Å². The quantitative estimate of drug-likeness (QED) is 0.598. The Morgan fingerprint density at radius 2 is 1.88 bits per heavy atom. The number of rotatable bonds is 5. The predicted octanol–water partition coefficient (Wildman–Crippen LogP) is 0.198. The van der Waals surface area contributed by atoms with E-state index in [1.807, 2.05) is 0 Å². The van der Waals surface area contributed by atoms with Gasteiger partial charge in [0.2, 0.25) is 5.91 Å². The zero-order valence-electron chi connectivity index (χ0n) is 9.89. The number of carboxylic acids is 1. The van der Waals surface area contributed by atoms with Crippen molar-refractivity contribution in [1.82, 2.24) is 5.32 Å². The van der Waals surface area contributed by atoms with Crippen LogP contribution in [0.25, 0.3) is 0 Å². The molecule has 2 bridgehead atoms. The molecule has 17 heavy (non-hydrogen) atoms. The molecule has 4 unspecified atom stereocenters. The van der Waals surface area contributed by atoms with Crippen LogP contribution in [0.15, 0.2) is 0 Å². The largest absolute Gasteiger partial charge is 0.481 e. The molecule has 5 nitrogen and oxygen atoms in total. The molecule has 2 aliphatic rings. The summed E-state index contributed by atoms with van der Waals surface area (Å²) in [5.74, 6) is -1.19. The Bertz CT molecular complexity index is 319. The molecule has 0 aromatic heterocycles. The highest BCUT2D eigenvalue weighted by Gasteiger charge is 2.53. The molecule has 0 saturated heterocycles. The highest BCUT2D eigenvalue weighted by Crippen LogP contribution is 2.52. The first-order valence-corrected chi connectivity index (χ1v) is 6.35. The lowest BCUT2D eigenvalue weighted by molar-refractivity contribution is -0.149. The third-order valence-electron chi connectivity index (χ3n) is 4.18. The van der Waals surface area contributed by atoms with Gasteiger partial charge in [-0.05, 0) is 44.1 Å². The van der Waals surface area contributed by atoms with E-state index in [0.717, 1.165) is 25.7 Å². The van der Waals surface area contributed by atoms with Crippen LogP contribution in [0.1, 0.15) is 25.7 Å². The monoisotopic (exact) mass is 240 g/mol. The molecule has 0 radical (unpaired) electrons. The molecule has 0 spiro atoms. The number of hydrogen-bond acceptors (Lipinski definition) is 3. The van der Waals surface area contributed by atoms with Crippen molar-refractivity contribution < 1.29 is 14.7 Å². The van der Waals surface area contributed by atoms with Crippen LogP contribution in [-0.4, -0.2) is 30.1 Å². The summed E-state index contributed by atoms with van der Waals surface area (Å²) < 4.78 is 0. The fraction of sp³-hybridized carbons (Fsp3) is 0.833. The van der Waals surface area contributed by atoms with Crippen molar-refractivity contribution in [3.8, 4) is 0 Å². The molecule has 0 aromatic carbocycles. The Hall–Kier alpha value is -1.10. The molecule has 2 aliphatic carbocycles. The van der Waals surface area contributed by atoms with Gasteiger partial charge in [-0.1, -0.05) is 0 Å². The van der Waals surface area contributed by atoms with E-state index < -0.39 is 11.9 Å². The lowest BCUT2D eigenvalue weighted by atomic mass is 9.79. The van der Waals surface area contributed by atoms with Crippen molar-refractivity contribution in [2.45, 2.75) is 25.7 Å². The van der Waals surface area contributed by atoms with Gasteiger partial charge in [0.25, 0.3) is 0 Å². The van der Waals surface area contributed by atoms with Crippen LogP contribution in [0.4, 0.5) is 0 Å². The smallest absolute Gasteiger partial charge is 0.307 e. The highest BCUT2D eigenvalue weighted by atomic mass is 16.4. The van der Waals surface area contributed by atoms with Gasteiger partial charge in [0, 0.05) is 6.54 Å². The molecule has 96 valence electrons. The number of carboxylic acid groups (broad SMARTS) is 1. The van der Waals surface area contributed by atoms with Crippen molar-refractivity contribution in [1.29, 1.82) is 0 Å². The summed E-state index contributed by atoms with van der Waals surface area (Å²) in [5, 5.41) is 12.0. The Morgan fingerprint density at radius 1 is 1.24 bits per heavy atom. The van der Waals surface area contributed by atoms with Crippen molar-refractivity contribution in [2.24, 2.45) is 29.4 Å². The zero-order valence-corrected chi connectivity index (χ0v) is 9.89. The van der Waals surface area contributed by atoms with Gasteiger partial charge in [-0.15, -0.1) is 0 Å². The van der Waals surface area contributed by atoms with Crippen molar-refractivity contribution in [3.63, 3.8) is 0 Å². The van der Waals surface area contributed by atoms with Gasteiger partial charge in [-0.3, -0.25) is 9.59 Å². The number of nitrogens with two attached hydrogens (primary N) is 1. The van der Waals surface area contributed by atoms with E-state index in [4.69, 9.17) is 5.73 Å². The van der Waals surface area contributed by atoms with Crippen LogP contribution in [0.3, 0.4) is 0 Å². The minimum atomic E-state index is -0.809. The minimum absolute atomic E-state index is 0.0851. The van der Waals surface area contributed by atoms with Gasteiger partial charge in [0.1, 0.15) is 0 Å². The van der Waals surface area contributed by atoms with Gasteiger partial charge in [0.15, 0.2) is 0 Å². The van der Waals surface area contributed by atoms with Crippen molar-refractivity contribution in [2.75, 3.05) is 13.1 Å². The Labute approximate surface area is 101 Å². The summed E-state index contributed by atoms with van der Waals surface area (Å²) in [7, 11) is 0. The van der Waals surface area contributed by atoms with Crippen LogP contribution in [0.2, 0.25) is 0 Å². The molecule has 5 heteroatoms. The number of hydrogen-bond donors (Lipinski definition) is 3. The van der Waals surface area contributed by atoms with Crippen LogP contribution >= 0.6 is 0 Å². The molecular formula is C12H20N2O3. The van der Waals surface area contributed by atoms with E-state index in [1.165, 1.54) is 0 Å². The molecule has 0 aromatic rings. The fourth-order valence-corrected chi connectivity index (χ4v) is 3.46. The average Bonchev–Trinajstić information content (AvgIpc) is 2.88. The molecule has 1 amide bonds. The minimum Gasteiger partial charge on any atom is -0.481 e. The van der Waals surface area contributed by atoms with Crippen molar-refractivity contribution >= 4 is 11.9 Å². The van der Waals surface area contributed by atoms with Gasteiger partial charge < -0.3 is 16.2 Å². The summed E-state index contributed by atoms with van der Waals surface area (Å²) in [6, 6.07) is 0. The topological polar surface area (TPSA) is 92.4 Å². The van der Waals surface area contributed by atoms with E-state index in [2.05, 4.69) is 5.32 Å². The van der Waals surface area contributed by atoms with Crippen LogP contribution in [0.5, 0.6) is 0 Å². The number of carbonyl (C=O) groups is 2. The number of fused-ring (bicyclic) bond motifs is 2. The van der Waals surface area contributed by atoms with E-state index in [1.54, 1.807) is 0 Å². The van der Waals surface area contributed by atoms with Gasteiger partial charge in [-0.2, -0.15) is 0 Å². The summed E-state index contributed by atoms with van der Waals surface area (Å²) in [6.07, 6.45) is 3.62. The molecule has 2 fully saturated rings. The first-order chi connectivity index (χ1) is 8.15. The van der Waals surface area contributed by atoms with Crippen LogP contribution in [-0.2, 0) is 9.59 Å². The second kappa shape index (κ2) is 5.04. The standard InChI is InChI=1S/C12H20N2O3/c13-4-1-5-14-11(15)9-7-2-3-8(6-7)10(9)12(16)17/h7-10H,1-6,13H2,(H,14,15)(H,16,17). The molecule has 2 rings (SSSR count). The lowest BCUT2D eigenvalue weighted by Crippen LogP contribution is -2.41. The third kappa shape index (κ3) is 2.29. The summed E-state index contributed by atoms with van der Waals surface area (Å²) >= 11 is 0. The van der Waals surface area contributed by atoms with E-state index in [9.17, 15) is 14.7 Å². The third-order valence-corrected chi connectivity index (χ3v) is 4.18. The van der Waals surface area contributed by atoms with Crippen LogP contribution < -0.4 is 11.1 Å². The fourth-order valence-electron chi connectivity index (χ4n) is 3.46.